The fourth-order valence-electron chi connectivity index (χ4n) is 2.66. The van der Waals surface area contributed by atoms with E-state index >= 15 is 0 Å². The number of carbonyl (C=O) groups excluding carboxylic acids is 2. The van der Waals surface area contributed by atoms with E-state index < -0.39 is 6.03 Å². The van der Waals surface area contributed by atoms with Crippen LogP contribution in [0.2, 0.25) is 0 Å². The van der Waals surface area contributed by atoms with E-state index in [4.69, 9.17) is 5.73 Å². The molecule has 3 N–H and O–H groups in total. The number of para-hydroxylation sites is 1. The standard InChI is InChI=1S/C19H18N4O2/c20-19(25)22-21-16(14-6-2-1-3-7-14)10-11-18(24)23-13-12-15-8-4-5-9-17(15)23/h1-9,12-13H,10-11H2,(H3,20,22,25). The van der Waals surface area contributed by atoms with Crippen LogP contribution in [0.4, 0.5) is 4.79 Å². The summed E-state index contributed by atoms with van der Waals surface area (Å²) in [6, 6.07) is 18.3. The SMILES string of the molecule is NC(=O)NN=C(CCC(=O)n1ccc2ccccc21)c1ccccc1. The largest absolute Gasteiger partial charge is 0.350 e. The van der Waals surface area contributed by atoms with Gasteiger partial charge in [-0.15, -0.1) is 0 Å². The van der Waals surface area contributed by atoms with E-state index in [0.29, 0.717) is 12.1 Å². The summed E-state index contributed by atoms with van der Waals surface area (Å²) in [6.45, 7) is 0. The number of carbonyl (C=O) groups is 2. The summed E-state index contributed by atoms with van der Waals surface area (Å²) >= 11 is 0. The molecule has 2 amide bonds. The van der Waals surface area contributed by atoms with Crippen molar-refractivity contribution in [3.63, 3.8) is 0 Å². The summed E-state index contributed by atoms with van der Waals surface area (Å²) in [5.41, 5.74) is 9.64. The number of nitrogens with one attached hydrogen (secondary N) is 1. The van der Waals surface area contributed by atoms with E-state index in [1.54, 1.807) is 10.8 Å². The molecule has 3 rings (SSSR count). The topological polar surface area (TPSA) is 89.5 Å². The Morgan fingerprint density at radius 1 is 0.960 bits per heavy atom. The molecule has 0 aliphatic carbocycles. The molecule has 1 aromatic heterocycles. The first-order chi connectivity index (χ1) is 12.1. The first-order valence-corrected chi connectivity index (χ1v) is 7.92. The Morgan fingerprint density at radius 3 is 2.44 bits per heavy atom. The molecule has 0 saturated carbocycles. The summed E-state index contributed by atoms with van der Waals surface area (Å²) < 4.78 is 1.64. The van der Waals surface area contributed by atoms with E-state index in [2.05, 4.69) is 10.5 Å². The lowest BCUT2D eigenvalue weighted by Gasteiger charge is -2.08. The number of primary amides is 1. The average molecular weight is 334 g/mol. The molecule has 25 heavy (non-hydrogen) atoms. The number of nitrogens with zero attached hydrogens (tertiary/aromatic N) is 2. The first kappa shape index (κ1) is 16.4. The molecule has 6 heteroatoms. The van der Waals surface area contributed by atoms with Gasteiger partial charge >= 0.3 is 6.03 Å². The Morgan fingerprint density at radius 2 is 1.68 bits per heavy atom. The molecule has 0 unspecified atom stereocenters. The second-order valence-electron chi connectivity index (χ2n) is 5.54. The Bertz CT molecular complexity index is 929. The van der Waals surface area contributed by atoms with Crippen LogP contribution in [0.25, 0.3) is 10.9 Å². The number of hydrogen-bond acceptors (Lipinski definition) is 3. The van der Waals surface area contributed by atoms with Crippen LogP contribution >= 0.6 is 0 Å². The molecule has 0 saturated heterocycles. The molecule has 0 bridgehead atoms. The summed E-state index contributed by atoms with van der Waals surface area (Å²) in [5.74, 6) is -0.0380. The zero-order valence-electron chi connectivity index (χ0n) is 13.6. The fourth-order valence-corrected chi connectivity index (χ4v) is 2.66. The normalized spacial score (nSPS) is 11.4. The Labute approximate surface area is 144 Å². The number of nitrogens with two attached hydrogens (primary N) is 1. The van der Waals surface area contributed by atoms with Crippen molar-refractivity contribution in [1.82, 2.24) is 9.99 Å². The highest BCUT2D eigenvalue weighted by molar-refractivity contribution is 6.03. The van der Waals surface area contributed by atoms with Crippen molar-refractivity contribution in [2.24, 2.45) is 10.8 Å². The van der Waals surface area contributed by atoms with Crippen LogP contribution in [-0.2, 0) is 0 Å². The number of hydrogen-bond donors (Lipinski definition) is 2. The van der Waals surface area contributed by atoms with Crippen molar-refractivity contribution in [2.45, 2.75) is 12.8 Å². The summed E-state index contributed by atoms with van der Waals surface area (Å²) in [5, 5.41) is 5.06. The lowest BCUT2D eigenvalue weighted by Crippen LogP contribution is -2.26. The molecular weight excluding hydrogens is 316 g/mol. The molecule has 2 aromatic carbocycles. The molecule has 0 spiro atoms. The van der Waals surface area contributed by atoms with Crippen LogP contribution in [0.15, 0.2) is 72.0 Å². The minimum atomic E-state index is -0.740. The highest BCUT2D eigenvalue weighted by Gasteiger charge is 2.12. The van der Waals surface area contributed by atoms with Crippen molar-refractivity contribution in [2.75, 3.05) is 0 Å². The number of aromatic nitrogens is 1. The van der Waals surface area contributed by atoms with Gasteiger partial charge in [-0.2, -0.15) is 5.10 Å². The highest BCUT2D eigenvalue weighted by Crippen LogP contribution is 2.16. The number of amides is 2. The van der Waals surface area contributed by atoms with Gasteiger partial charge < -0.3 is 5.73 Å². The van der Waals surface area contributed by atoms with Gasteiger partial charge in [0.15, 0.2) is 0 Å². The van der Waals surface area contributed by atoms with Crippen molar-refractivity contribution in [3.8, 4) is 0 Å². The van der Waals surface area contributed by atoms with Crippen molar-refractivity contribution in [3.05, 3.63) is 72.4 Å². The lowest BCUT2D eigenvalue weighted by molar-refractivity contribution is 0.0910. The van der Waals surface area contributed by atoms with Crippen LogP contribution in [0, 0.1) is 0 Å². The molecule has 3 aromatic rings. The maximum atomic E-state index is 12.6. The van der Waals surface area contributed by atoms with E-state index in [-0.39, 0.29) is 12.3 Å². The van der Waals surface area contributed by atoms with Crippen LogP contribution in [0.1, 0.15) is 23.2 Å². The van der Waals surface area contributed by atoms with Gasteiger partial charge in [-0.05, 0) is 17.7 Å². The smallest absolute Gasteiger partial charge is 0.332 e. The third kappa shape index (κ3) is 3.92. The molecule has 0 aliphatic heterocycles. The average Bonchev–Trinajstić information content (AvgIpc) is 3.06. The Hall–Kier alpha value is -3.41. The molecule has 0 radical (unpaired) electrons. The maximum absolute atomic E-state index is 12.6. The Balaban J connectivity index is 1.77. The van der Waals surface area contributed by atoms with E-state index in [1.165, 1.54) is 0 Å². The summed E-state index contributed by atoms with van der Waals surface area (Å²) in [7, 11) is 0. The van der Waals surface area contributed by atoms with Gasteiger partial charge in [-0.25, -0.2) is 10.2 Å². The van der Waals surface area contributed by atoms with Gasteiger partial charge in [0.2, 0.25) is 5.91 Å². The van der Waals surface area contributed by atoms with Gasteiger partial charge in [0.25, 0.3) is 0 Å². The van der Waals surface area contributed by atoms with Crippen molar-refractivity contribution < 1.29 is 9.59 Å². The van der Waals surface area contributed by atoms with Gasteiger partial charge in [0, 0.05) is 24.4 Å². The zero-order valence-corrected chi connectivity index (χ0v) is 13.6. The third-order valence-electron chi connectivity index (χ3n) is 3.85. The van der Waals surface area contributed by atoms with Crippen molar-refractivity contribution in [1.29, 1.82) is 0 Å². The van der Waals surface area contributed by atoms with E-state index in [1.807, 2.05) is 60.7 Å². The second kappa shape index (κ2) is 7.44. The molecule has 6 nitrogen and oxygen atoms in total. The second-order valence-corrected chi connectivity index (χ2v) is 5.54. The Kier molecular flexibility index (Phi) is 4.89. The number of rotatable bonds is 5. The van der Waals surface area contributed by atoms with Crippen LogP contribution in [0.3, 0.4) is 0 Å². The quantitative estimate of drug-likeness (QED) is 0.554. The molecule has 0 fully saturated rings. The van der Waals surface area contributed by atoms with E-state index in [9.17, 15) is 9.59 Å². The summed E-state index contributed by atoms with van der Waals surface area (Å²) in [4.78, 5) is 23.5. The predicted octanol–water partition coefficient (Wildman–Crippen LogP) is 3.13. The van der Waals surface area contributed by atoms with Crippen LogP contribution < -0.4 is 11.2 Å². The van der Waals surface area contributed by atoms with Crippen molar-refractivity contribution >= 4 is 28.6 Å². The lowest BCUT2D eigenvalue weighted by atomic mass is 10.1. The minimum Gasteiger partial charge on any atom is -0.350 e. The van der Waals surface area contributed by atoms with Gasteiger partial charge in [0.05, 0.1) is 11.2 Å². The van der Waals surface area contributed by atoms with Gasteiger partial charge in [0.1, 0.15) is 0 Å². The van der Waals surface area contributed by atoms with Gasteiger partial charge in [-0.3, -0.25) is 9.36 Å². The zero-order chi connectivity index (χ0) is 17.6. The number of fused-ring (bicyclic) bond motifs is 1. The van der Waals surface area contributed by atoms with Gasteiger partial charge in [-0.1, -0.05) is 48.5 Å². The molecule has 1 heterocycles. The van der Waals surface area contributed by atoms with Crippen LogP contribution in [-0.4, -0.2) is 22.2 Å². The number of urea groups is 1. The van der Waals surface area contributed by atoms with E-state index in [0.717, 1.165) is 16.5 Å². The molecular formula is C19H18N4O2. The monoisotopic (exact) mass is 334 g/mol. The fraction of sp³-hybridized carbons (Fsp3) is 0.105. The highest BCUT2D eigenvalue weighted by atomic mass is 16.2. The predicted molar refractivity (Wildman–Crippen MR) is 97.5 cm³/mol. The minimum absolute atomic E-state index is 0.0380. The number of hydrazone groups is 1. The maximum Gasteiger partial charge on any atom is 0.332 e. The molecule has 126 valence electrons. The summed E-state index contributed by atoms with van der Waals surface area (Å²) in [6.07, 6.45) is 2.41. The number of benzene rings is 2. The third-order valence-corrected chi connectivity index (χ3v) is 3.85. The van der Waals surface area contributed by atoms with Crippen LogP contribution in [0.5, 0.6) is 0 Å². The first-order valence-electron chi connectivity index (χ1n) is 7.92. The molecule has 0 atom stereocenters. The molecule has 0 aliphatic rings.